The van der Waals surface area contributed by atoms with Crippen LogP contribution in [0, 0.1) is 0 Å². The van der Waals surface area contributed by atoms with Crippen LogP contribution < -0.4 is 20.1 Å². The zero-order chi connectivity index (χ0) is 16.1. The Morgan fingerprint density at radius 2 is 1.96 bits per heavy atom. The van der Waals surface area contributed by atoms with Crippen LogP contribution in [0.5, 0.6) is 11.5 Å². The standard InChI is InChI=1S/C18H20N2O3/c1-22-16-3-2-4-17(8-16)23-12-18(21)20-9-13-5-6-14-10-19-11-15(14)7-13/h2-8,19H,9-12H2,1H3,(H,20,21). The smallest absolute Gasteiger partial charge is 0.258 e. The molecule has 0 spiro atoms. The van der Waals surface area contributed by atoms with Crippen LogP contribution in [0.25, 0.3) is 0 Å². The van der Waals surface area contributed by atoms with Crippen molar-refractivity contribution >= 4 is 5.91 Å². The minimum absolute atomic E-state index is 0.0142. The fraction of sp³-hybridized carbons (Fsp3) is 0.278. The molecule has 0 saturated carbocycles. The number of carbonyl (C=O) groups is 1. The van der Waals surface area contributed by atoms with Crippen LogP contribution in [-0.4, -0.2) is 19.6 Å². The van der Waals surface area contributed by atoms with Gasteiger partial charge in [-0.1, -0.05) is 24.3 Å². The molecule has 0 aliphatic carbocycles. The predicted molar refractivity (Wildman–Crippen MR) is 87.3 cm³/mol. The Labute approximate surface area is 135 Å². The molecule has 0 bridgehead atoms. The van der Waals surface area contributed by atoms with E-state index in [2.05, 4.69) is 28.8 Å². The lowest BCUT2D eigenvalue weighted by atomic mass is 10.1. The number of hydrogen-bond acceptors (Lipinski definition) is 4. The van der Waals surface area contributed by atoms with E-state index in [-0.39, 0.29) is 12.5 Å². The maximum atomic E-state index is 11.9. The molecular weight excluding hydrogens is 292 g/mol. The van der Waals surface area contributed by atoms with Gasteiger partial charge >= 0.3 is 0 Å². The van der Waals surface area contributed by atoms with Crippen molar-refractivity contribution in [3.8, 4) is 11.5 Å². The number of fused-ring (bicyclic) bond motifs is 1. The molecule has 0 fully saturated rings. The van der Waals surface area contributed by atoms with Crippen LogP contribution >= 0.6 is 0 Å². The summed E-state index contributed by atoms with van der Waals surface area (Å²) in [4.78, 5) is 11.9. The SMILES string of the molecule is COc1cccc(OCC(=O)NCc2ccc3c(c2)CNC3)c1. The number of hydrogen-bond donors (Lipinski definition) is 2. The summed E-state index contributed by atoms with van der Waals surface area (Å²) >= 11 is 0. The molecular formula is C18H20N2O3. The first-order valence-electron chi connectivity index (χ1n) is 7.59. The second kappa shape index (κ2) is 7.15. The lowest BCUT2D eigenvalue weighted by molar-refractivity contribution is -0.123. The summed E-state index contributed by atoms with van der Waals surface area (Å²) < 4.78 is 10.6. The summed E-state index contributed by atoms with van der Waals surface area (Å²) in [5, 5.41) is 6.18. The van der Waals surface area contributed by atoms with E-state index in [1.165, 1.54) is 11.1 Å². The zero-order valence-corrected chi connectivity index (χ0v) is 13.1. The van der Waals surface area contributed by atoms with Gasteiger partial charge in [-0.3, -0.25) is 4.79 Å². The Morgan fingerprint density at radius 3 is 2.83 bits per heavy atom. The number of ether oxygens (including phenoxy) is 2. The maximum Gasteiger partial charge on any atom is 0.258 e. The Balaban J connectivity index is 1.48. The fourth-order valence-electron chi connectivity index (χ4n) is 2.55. The lowest BCUT2D eigenvalue weighted by Crippen LogP contribution is -2.28. The normalized spacial score (nSPS) is 12.6. The second-order valence-corrected chi connectivity index (χ2v) is 5.45. The minimum Gasteiger partial charge on any atom is -0.497 e. The van der Waals surface area contributed by atoms with Crippen molar-refractivity contribution in [2.45, 2.75) is 19.6 Å². The molecule has 0 aromatic heterocycles. The van der Waals surface area contributed by atoms with Gasteiger partial charge in [0.1, 0.15) is 11.5 Å². The van der Waals surface area contributed by atoms with Crippen LogP contribution in [0.4, 0.5) is 0 Å². The molecule has 23 heavy (non-hydrogen) atoms. The summed E-state index contributed by atoms with van der Waals surface area (Å²) in [5.74, 6) is 1.17. The number of amides is 1. The molecule has 0 unspecified atom stereocenters. The molecule has 2 aromatic carbocycles. The van der Waals surface area contributed by atoms with Gasteiger partial charge in [0.05, 0.1) is 7.11 Å². The molecule has 0 radical (unpaired) electrons. The molecule has 120 valence electrons. The molecule has 5 nitrogen and oxygen atoms in total. The summed E-state index contributed by atoms with van der Waals surface area (Å²) in [6.45, 7) is 2.32. The van der Waals surface area contributed by atoms with E-state index < -0.39 is 0 Å². The summed E-state index contributed by atoms with van der Waals surface area (Å²) in [6, 6.07) is 13.5. The van der Waals surface area contributed by atoms with Crippen molar-refractivity contribution in [2.75, 3.05) is 13.7 Å². The summed E-state index contributed by atoms with van der Waals surface area (Å²) in [6.07, 6.45) is 0. The van der Waals surface area contributed by atoms with Gasteiger partial charge in [0.15, 0.2) is 6.61 Å². The summed E-state index contributed by atoms with van der Waals surface area (Å²) in [5.41, 5.74) is 3.74. The van der Waals surface area contributed by atoms with E-state index >= 15 is 0 Å². The van der Waals surface area contributed by atoms with Gasteiger partial charge in [0, 0.05) is 25.7 Å². The zero-order valence-electron chi connectivity index (χ0n) is 13.1. The molecule has 1 amide bonds. The van der Waals surface area contributed by atoms with Crippen molar-refractivity contribution < 1.29 is 14.3 Å². The molecule has 2 aromatic rings. The molecule has 0 atom stereocenters. The van der Waals surface area contributed by atoms with Gasteiger partial charge < -0.3 is 20.1 Å². The van der Waals surface area contributed by atoms with E-state index in [1.807, 2.05) is 12.1 Å². The van der Waals surface area contributed by atoms with E-state index in [4.69, 9.17) is 9.47 Å². The van der Waals surface area contributed by atoms with Gasteiger partial charge in [0.25, 0.3) is 5.91 Å². The quantitative estimate of drug-likeness (QED) is 0.856. The van der Waals surface area contributed by atoms with Crippen LogP contribution in [0.3, 0.4) is 0 Å². The highest BCUT2D eigenvalue weighted by atomic mass is 16.5. The van der Waals surface area contributed by atoms with Crippen molar-refractivity contribution in [2.24, 2.45) is 0 Å². The first-order valence-corrected chi connectivity index (χ1v) is 7.59. The van der Waals surface area contributed by atoms with E-state index in [0.29, 0.717) is 18.0 Å². The molecule has 3 rings (SSSR count). The van der Waals surface area contributed by atoms with Crippen LogP contribution in [0.1, 0.15) is 16.7 Å². The van der Waals surface area contributed by atoms with E-state index in [9.17, 15) is 4.79 Å². The van der Waals surface area contributed by atoms with Crippen LogP contribution in [0.15, 0.2) is 42.5 Å². The highest BCUT2D eigenvalue weighted by molar-refractivity contribution is 5.77. The molecule has 1 aliphatic rings. The predicted octanol–water partition coefficient (Wildman–Crippen LogP) is 1.99. The third kappa shape index (κ3) is 4.02. The topological polar surface area (TPSA) is 59.6 Å². The average Bonchev–Trinajstić information content (AvgIpc) is 3.06. The second-order valence-electron chi connectivity index (χ2n) is 5.45. The van der Waals surface area contributed by atoms with Gasteiger partial charge in [-0.2, -0.15) is 0 Å². The number of nitrogens with one attached hydrogen (secondary N) is 2. The van der Waals surface area contributed by atoms with Crippen LogP contribution in [-0.2, 0) is 24.4 Å². The van der Waals surface area contributed by atoms with Crippen molar-refractivity contribution in [3.63, 3.8) is 0 Å². The minimum atomic E-state index is -0.147. The van der Waals surface area contributed by atoms with Gasteiger partial charge in [0.2, 0.25) is 0 Å². The van der Waals surface area contributed by atoms with Crippen molar-refractivity contribution in [1.29, 1.82) is 0 Å². The number of methoxy groups -OCH3 is 1. The Hall–Kier alpha value is -2.53. The first kappa shape index (κ1) is 15.4. The fourth-order valence-corrected chi connectivity index (χ4v) is 2.55. The lowest BCUT2D eigenvalue weighted by Gasteiger charge is -2.09. The highest BCUT2D eigenvalue weighted by Crippen LogP contribution is 2.19. The average molecular weight is 312 g/mol. The molecule has 2 N–H and O–H groups in total. The molecule has 5 heteroatoms. The van der Waals surface area contributed by atoms with Gasteiger partial charge in [-0.25, -0.2) is 0 Å². The first-order chi connectivity index (χ1) is 11.2. The van der Waals surface area contributed by atoms with Gasteiger partial charge in [-0.15, -0.1) is 0 Å². The molecule has 1 heterocycles. The van der Waals surface area contributed by atoms with Crippen molar-refractivity contribution in [1.82, 2.24) is 10.6 Å². The van der Waals surface area contributed by atoms with Gasteiger partial charge in [-0.05, 0) is 28.8 Å². The van der Waals surface area contributed by atoms with E-state index in [1.54, 1.807) is 19.2 Å². The highest BCUT2D eigenvalue weighted by Gasteiger charge is 2.10. The summed E-state index contributed by atoms with van der Waals surface area (Å²) in [7, 11) is 1.60. The molecule has 1 aliphatic heterocycles. The number of carbonyl (C=O) groups excluding carboxylic acids is 1. The van der Waals surface area contributed by atoms with Crippen LogP contribution in [0.2, 0.25) is 0 Å². The Morgan fingerprint density at radius 1 is 1.13 bits per heavy atom. The third-order valence-corrected chi connectivity index (χ3v) is 3.80. The van der Waals surface area contributed by atoms with Crippen molar-refractivity contribution in [3.05, 3.63) is 59.2 Å². The Bertz CT molecular complexity index is 700. The Kier molecular flexibility index (Phi) is 4.78. The number of benzene rings is 2. The molecule has 0 saturated heterocycles. The monoisotopic (exact) mass is 312 g/mol. The van der Waals surface area contributed by atoms with E-state index in [0.717, 1.165) is 18.7 Å². The number of rotatable bonds is 6. The largest absolute Gasteiger partial charge is 0.497 e. The maximum absolute atomic E-state index is 11.9. The third-order valence-electron chi connectivity index (χ3n) is 3.80.